The SMILES string of the molecule is CCOC(C[SiH3])C(NC(=O)NC(OCC)(OCC)C(C[SiH3])OCC)(OCC)OCC. The van der Waals surface area contributed by atoms with Crippen molar-refractivity contribution in [3.05, 3.63) is 0 Å². The highest BCUT2D eigenvalue weighted by Crippen LogP contribution is 2.24. The average molecular weight is 469 g/mol. The second-order valence-corrected chi connectivity index (χ2v) is 7.98. The Bertz CT molecular complexity index is 411. The van der Waals surface area contributed by atoms with E-state index < -0.39 is 30.1 Å². The summed E-state index contributed by atoms with van der Waals surface area (Å²) in [4.78, 5) is 13.2. The predicted molar refractivity (Wildman–Crippen MR) is 124 cm³/mol. The maximum Gasteiger partial charge on any atom is 0.323 e. The van der Waals surface area contributed by atoms with E-state index in [1.165, 1.54) is 0 Å². The van der Waals surface area contributed by atoms with Crippen LogP contribution in [0, 0.1) is 0 Å². The molecule has 0 bridgehead atoms. The van der Waals surface area contributed by atoms with Gasteiger partial charge in [-0.3, -0.25) is 10.6 Å². The Labute approximate surface area is 188 Å². The number of urea groups is 1. The molecular formula is C19H44N2O7Si2. The van der Waals surface area contributed by atoms with Crippen molar-refractivity contribution in [2.45, 2.75) is 77.7 Å². The molecule has 0 radical (unpaired) electrons. The lowest BCUT2D eigenvalue weighted by Gasteiger charge is -2.42. The molecule has 11 heteroatoms. The van der Waals surface area contributed by atoms with Crippen molar-refractivity contribution in [1.82, 2.24) is 10.6 Å². The lowest BCUT2D eigenvalue weighted by atomic mass is 10.2. The van der Waals surface area contributed by atoms with E-state index in [9.17, 15) is 4.79 Å². The first-order valence-electron chi connectivity index (χ1n) is 11.3. The maximum absolute atomic E-state index is 13.2. The molecule has 0 aromatic rings. The Morgan fingerprint density at radius 1 is 0.667 bits per heavy atom. The van der Waals surface area contributed by atoms with Crippen molar-refractivity contribution >= 4 is 26.5 Å². The number of hydrogen-bond acceptors (Lipinski definition) is 7. The van der Waals surface area contributed by atoms with Gasteiger partial charge in [0.05, 0.1) is 0 Å². The van der Waals surface area contributed by atoms with Crippen LogP contribution >= 0.6 is 0 Å². The normalized spacial score (nSPS) is 14.6. The van der Waals surface area contributed by atoms with Crippen LogP contribution in [-0.2, 0) is 28.4 Å². The predicted octanol–water partition coefficient (Wildman–Crippen LogP) is 0.117. The molecule has 0 heterocycles. The summed E-state index contributed by atoms with van der Waals surface area (Å²) >= 11 is 0. The molecule has 2 atom stereocenters. The summed E-state index contributed by atoms with van der Waals surface area (Å²) < 4.78 is 35.4. The zero-order chi connectivity index (χ0) is 23.0. The first-order chi connectivity index (χ1) is 14.4. The summed E-state index contributed by atoms with van der Waals surface area (Å²) in [5, 5.41) is 5.72. The van der Waals surface area contributed by atoms with Gasteiger partial charge in [0.2, 0.25) is 0 Å². The first kappa shape index (κ1) is 29.5. The zero-order valence-electron chi connectivity index (χ0n) is 20.2. The molecule has 0 aromatic heterocycles. The van der Waals surface area contributed by atoms with Crippen molar-refractivity contribution < 1.29 is 33.2 Å². The van der Waals surface area contributed by atoms with Crippen LogP contribution in [0.3, 0.4) is 0 Å². The van der Waals surface area contributed by atoms with Gasteiger partial charge in [0.1, 0.15) is 12.2 Å². The van der Waals surface area contributed by atoms with E-state index in [0.29, 0.717) is 39.6 Å². The van der Waals surface area contributed by atoms with Gasteiger partial charge in [-0.2, -0.15) is 0 Å². The minimum absolute atomic E-state index is 0.343. The minimum atomic E-state index is -1.41. The highest BCUT2D eigenvalue weighted by molar-refractivity contribution is 6.09. The quantitative estimate of drug-likeness (QED) is 0.218. The fourth-order valence-corrected chi connectivity index (χ4v) is 4.91. The molecule has 0 aliphatic rings. The van der Waals surface area contributed by atoms with Crippen molar-refractivity contribution in [3.8, 4) is 0 Å². The van der Waals surface area contributed by atoms with Gasteiger partial charge < -0.3 is 28.4 Å². The van der Waals surface area contributed by atoms with Gasteiger partial charge in [-0.1, -0.05) is 0 Å². The van der Waals surface area contributed by atoms with E-state index in [0.717, 1.165) is 32.6 Å². The van der Waals surface area contributed by atoms with E-state index in [4.69, 9.17) is 28.4 Å². The van der Waals surface area contributed by atoms with Gasteiger partial charge in [-0.25, -0.2) is 4.79 Å². The molecule has 0 fully saturated rings. The topological polar surface area (TPSA) is 96.5 Å². The van der Waals surface area contributed by atoms with Crippen molar-refractivity contribution in [1.29, 1.82) is 0 Å². The fraction of sp³-hybridized carbons (Fsp3) is 0.947. The third kappa shape index (κ3) is 8.54. The maximum atomic E-state index is 13.2. The average Bonchev–Trinajstić information content (AvgIpc) is 2.70. The van der Waals surface area contributed by atoms with Crippen molar-refractivity contribution in [3.63, 3.8) is 0 Å². The summed E-state index contributed by atoms with van der Waals surface area (Å²) in [6.07, 6.45) is -0.871. The van der Waals surface area contributed by atoms with Crippen LogP contribution in [-0.4, -0.2) is 90.2 Å². The van der Waals surface area contributed by atoms with Crippen LogP contribution in [0.25, 0.3) is 0 Å². The van der Waals surface area contributed by atoms with Crippen LogP contribution in [0.4, 0.5) is 4.79 Å². The molecule has 0 saturated carbocycles. The Hall–Kier alpha value is -0.536. The van der Waals surface area contributed by atoms with Crippen LogP contribution in [0.2, 0.25) is 12.1 Å². The molecule has 0 spiro atoms. The van der Waals surface area contributed by atoms with Gasteiger partial charge in [-0.05, 0) is 53.6 Å². The Kier molecular flexibility index (Phi) is 15.9. The molecule has 30 heavy (non-hydrogen) atoms. The molecule has 0 saturated heterocycles. The number of amides is 2. The Balaban J connectivity index is 5.89. The number of carbonyl (C=O) groups excluding carboxylic acids is 1. The number of rotatable bonds is 18. The van der Waals surface area contributed by atoms with Gasteiger partial charge in [0.15, 0.2) is 0 Å². The summed E-state index contributed by atoms with van der Waals surface area (Å²) in [7, 11) is 1.71. The molecule has 0 aliphatic heterocycles. The van der Waals surface area contributed by atoms with Gasteiger partial charge in [0.25, 0.3) is 11.8 Å². The van der Waals surface area contributed by atoms with Crippen LogP contribution in [0.1, 0.15) is 41.5 Å². The summed E-state index contributed by atoms with van der Waals surface area (Å²) in [6, 6.07) is 0.898. The molecule has 180 valence electrons. The van der Waals surface area contributed by atoms with Crippen molar-refractivity contribution in [2.24, 2.45) is 0 Å². The van der Waals surface area contributed by atoms with Crippen molar-refractivity contribution in [2.75, 3.05) is 39.6 Å². The molecule has 0 aromatic carbocycles. The fourth-order valence-electron chi connectivity index (χ4n) is 3.36. The highest BCUT2D eigenvalue weighted by Gasteiger charge is 2.47. The minimum Gasteiger partial charge on any atom is -0.371 e. The molecule has 0 rings (SSSR count). The third-order valence-corrected chi connectivity index (χ3v) is 5.82. The molecule has 0 aliphatic carbocycles. The first-order valence-corrected chi connectivity index (χ1v) is 14.1. The monoisotopic (exact) mass is 468 g/mol. The summed E-state index contributed by atoms with van der Waals surface area (Å²) in [5.41, 5.74) is 0. The van der Waals surface area contributed by atoms with Crippen LogP contribution in [0.5, 0.6) is 0 Å². The Morgan fingerprint density at radius 3 is 1.17 bits per heavy atom. The van der Waals surface area contributed by atoms with Gasteiger partial charge in [0, 0.05) is 60.1 Å². The van der Waals surface area contributed by atoms with E-state index in [-0.39, 0.29) is 0 Å². The molecule has 2 N–H and O–H groups in total. The number of nitrogens with one attached hydrogen (secondary N) is 2. The van der Waals surface area contributed by atoms with E-state index in [1.54, 1.807) is 0 Å². The molecule has 2 amide bonds. The summed E-state index contributed by atoms with van der Waals surface area (Å²) in [5.74, 6) is -2.81. The lowest BCUT2D eigenvalue weighted by Crippen LogP contribution is -2.68. The number of ether oxygens (including phenoxy) is 6. The molecular weight excluding hydrogens is 424 g/mol. The van der Waals surface area contributed by atoms with Gasteiger partial charge >= 0.3 is 6.03 Å². The molecule has 2 unspecified atom stereocenters. The lowest BCUT2D eigenvalue weighted by molar-refractivity contribution is -0.304. The summed E-state index contributed by atoms with van der Waals surface area (Å²) in [6.45, 7) is 13.5. The van der Waals surface area contributed by atoms with E-state index in [1.807, 2.05) is 41.5 Å². The smallest absolute Gasteiger partial charge is 0.323 e. The number of carbonyl (C=O) groups is 1. The molecule has 9 nitrogen and oxygen atoms in total. The van der Waals surface area contributed by atoms with Crippen LogP contribution < -0.4 is 10.6 Å². The van der Waals surface area contributed by atoms with Crippen LogP contribution in [0.15, 0.2) is 0 Å². The largest absolute Gasteiger partial charge is 0.371 e. The number of hydrogen-bond donors (Lipinski definition) is 2. The second-order valence-electron chi connectivity index (χ2n) is 6.35. The van der Waals surface area contributed by atoms with Gasteiger partial charge in [-0.15, -0.1) is 0 Å². The second kappa shape index (κ2) is 16.1. The standard InChI is InChI=1S/C19H44N2O7Si2/c1-7-23-15(13-29)18(25-9-3,26-10-4)20-17(22)21-19(27-11-5,28-12-6)16(14-30)24-8-2/h15-16H,7-14H2,1-6,29-30H3,(H2,20,21,22). The van der Waals surface area contributed by atoms with E-state index in [2.05, 4.69) is 10.6 Å². The third-order valence-electron chi connectivity index (χ3n) is 4.34. The Morgan fingerprint density at radius 2 is 0.967 bits per heavy atom. The highest BCUT2D eigenvalue weighted by atomic mass is 28.1. The van der Waals surface area contributed by atoms with E-state index >= 15 is 0 Å². The zero-order valence-corrected chi connectivity index (χ0v) is 24.2.